The molecule has 88 heavy (non-hydrogen) atoms. The second-order valence-corrected chi connectivity index (χ2v) is 18.9. The van der Waals surface area contributed by atoms with Gasteiger partial charge in [0.25, 0.3) is 17.7 Å². The van der Waals surface area contributed by atoms with Gasteiger partial charge in [-0.05, 0) is 142 Å². The van der Waals surface area contributed by atoms with E-state index < -0.39 is 47.3 Å². The van der Waals surface area contributed by atoms with E-state index in [1.54, 1.807) is 97.1 Å². The van der Waals surface area contributed by atoms with Crippen LogP contribution >= 0.6 is 12.4 Å². The number of hydrogen-bond acceptors (Lipinski definition) is 9. The third-order valence-corrected chi connectivity index (χ3v) is 13.2. The molecule has 2 atom stereocenters. The highest BCUT2D eigenvalue weighted by atomic mass is 35.5. The Labute approximate surface area is 503 Å². The molecular weight excluding hydrogens is 1170 g/mol. The van der Waals surface area contributed by atoms with Gasteiger partial charge < -0.3 is 26.8 Å². The van der Waals surface area contributed by atoms with E-state index in [-0.39, 0.29) is 59.2 Å². The number of anilines is 2. The number of nitrogens with one attached hydrogen (secondary N) is 3. The van der Waals surface area contributed by atoms with Gasteiger partial charge in [0.2, 0.25) is 0 Å². The molecule has 2 aromatic heterocycles. The number of carbonyl (C=O) groups is 4. The Bertz CT molecular complexity index is 4210. The van der Waals surface area contributed by atoms with Crippen LogP contribution in [0.3, 0.4) is 0 Å². The first-order valence-corrected chi connectivity index (χ1v) is 26.2. The average molecular weight is 1220 g/mol. The smallest absolute Gasteiger partial charge is 0.416 e. The van der Waals surface area contributed by atoms with Crippen LogP contribution in [0.1, 0.15) is 75.8 Å². The van der Waals surface area contributed by atoms with Crippen molar-refractivity contribution in [3.8, 4) is 22.3 Å². The van der Waals surface area contributed by atoms with Crippen LogP contribution in [-0.4, -0.2) is 51.9 Å². The summed E-state index contributed by atoms with van der Waals surface area (Å²) < 4.78 is 77.5. The molecule has 0 fully saturated rings. The van der Waals surface area contributed by atoms with Crippen LogP contribution in [0.4, 0.5) is 38.0 Å². The van der Waals surface area contributed by atoms with Crippen LogP contribution in [-0.2, 0) is 12.4 Å². The summed E-state index contributed by atoms with van der Waals surface area (Å²) in [4.78, 5) is 64.5. The van der Waals surface area contributed by atoms with Gasteiger partial charge in [0.05, 0.1) is 40.3 Å². The predicted molar refractivity (Wildman–Crippen MR) is 325 cm³/mol. The SMILES string of the molecule is Cl.O=C(O)c1ccc2nc(NC(=O)c3ccccc3-c3ccc(C(F)(F)F)cc3)ccc2c1.[N-]=[N+]=NC[C@@H](N)c1ccccc1.[N-]=[N+]=NC[C@@H](NC(=O)c1ccc2nc(NC(=O)c3ccccc3-c3ccc(C(F)(F)F)cc3)ccc2c1)c1ccccc1. The monoisotopic (exact) mass is 1210 g/mol. The van der Waals surface area contributed by atoms with E-state index in [0.29, 0.717) is 56.2 Å². The van der Waals surface area contributed by atoms with Crippen molar-refractivity contribution in [2.75, 3.05) is 23.7 Å². The van der Waals surface area contributed by atoms with Gasteiger partial charge in [0.15, 0.2) is 0 Å². The maximum atomic E-state index is 13.2. The molecule has 0 aliphatic heterocycles. The number of carboxylic acid groups (broad SMARTS) is 1. The average Bonchev–Trinajstić information content (AvgIpc) is 1.65. The maximum Gasteiger partial charge on any atom is 0.416 e. The Morgan fingerprint density at radius 3 is 1.35 bits per heavy atom. The number of halogens is 7. The van der Waals surface area contributed by atoms with Gasteiger partial charge in [-0.15, -0.1) is 12.4 Å². The number of aromatic carboxylic acids is 1. The molecule has 0 spiro atoms. The van der Waals surface area contributed by atoms with Crippen molar-refractivity contribution in [2.45, 2.75) is 24.4 Å². The van der Waals surface area contributed by atoms with Gasteiger partial charge in [0, 0.05) is 49.9 Å². The summed E-state index contributed by atoms with van der Waals surface area (Å²) in [6, 6.07) is 56.3. The second kappa shape index (κ2) is 29.6. The van der Waals surface area contributed by atoms with Crippen LogP contribution in [0.15, 0.2) is 229 Å². The van der Waals surface area contributed by atoms with Crippen LogP contribution in [0, 0.1) is 0 Å². The number of nitrogens with two attached hydrogens (primary N) is 1. The first-order valence-electron chi connectivity index (χ1n) is 26.2. The third-order valence-electron chi connectivity index (χ3n) is 13.2. The maximum absolute atomic E-state index is 13.2. The molecule has 17 nitrogen and oxygen atoms in total. The fourth-order valence-electron chi connectivity index (χ4n) is 8.78. The number of rotatable bonds is 15. The summed E-state index contributed by atoms with van der Waals surface area (Å²) >= 11 is 0. The van der Waals surface area contributed by atoms with Crippen molar-refractivity contribution in [3.05, 3.63) is 284 Å². The Hall–Kier alpha value is -11.1. The van der Waals surface area contributed by atoms with Gasteiger partial charge in [-0.2, -0.15) is 26.3 Å². The van der Waals surface area contributed by atoms with E-state index >= 15 is 0 Å². The van der Waals surface area contributed by atoms with Crippen molar-refractivity contribution >= 4 is 69.5 Å². The quantitative estimate of drug-likeness (QED) is 0.0284. The van der Waals surface area contributed by atoms with E-state index in [9.17, 15) is 45.5 Å². The molecule has 0 unspecified atom stereocenters. The minimum atomic E-state index is -4.46. The van der Waals surface area contributed by atoms with Gasteiger partial charge in [-0.3, -0.25) is 14.4 Å². The standard InChI is InChI=1S/C32H23F3N6O2.C24H15F3N2O3.C8H10N4.ClH/c33-32(34,35)24-14-10-20(11-15-24)25-8-4-5-9-26(25)31(43)40-29-17-13-22-18-23(12-16-27(22)38-29)30(42)39-28(19-37-41-36)21-6-2-1-3-7-21;25-24(26,27)17-9-5-14(6-10-17)18-3-1-2-4-19(18)22(30)29-21-12-8-15-13-16(23(31)32)7-11-20(15)28-21;9-8(6-11-12-10)7-4-2-1-3-5-7;/h1-18,28H,19H2,(H,39,42)(H,38,40,43);1-13H,(H,31,32)(H,28,29,30);1-5,8H,6,9H2;1H/t28-;;8-;/m1.1./s1. The molecule has 444 valence electrons. The molecule has 6 N–H and O–H groups in total. The van der Waals surface area contributed by atoms with Gasteiger partial charge in [0.1, 0.15) is 11.6 Å². The Kier molecular flexibility index (Phi) is 21.7. The molecule has 10 aromatic rings. The molecule has 0 saturated carbocycles. The molecule has 0 radical (unpaired) electrons. The van der Waals surface area contributed by atoms with Crippen molar-refractivity contribution in [1.29, 1.82) is 0 Å². The van der Waals surface area contributed by atoms with Crippen molar-refractivity contribution < 1.29 is 50.6 Å². The molecule has 10 rings (SSSR count). The number of carbonyl (C=O) groups excluding carboxylic acids is 3. The highest BCUT2D eigenvalue weighted by Crippen LogP contribution is 2.34. The lowest BCUT2D eigenvalue weighted by Gasteiger charge is -2.17. The van der Waals surface area contributed by atoms with Crippen LogP contribution in [0.5, 0.6) is 0 Å². The molecule has 3 amide bonds. The number of pyridine rings is 2. The van der Waals surface area contributed by atoms with Crippen LogP contribution in [0.2, 0.25) is 0 Å². The van der Waals surface area contributed by atoms with E-state index in [0.717, 1.165) is 35.4 Å². The van der Waals surface area contributed by atoms with Crippen molar-refractivity contribution in [1.82, 2.24) is 15.3 Å². The number of carboxylic acids is 1. The zero-order valence-electron chi connectivity index (χ0n) is 45.8. The highest BCUT2D eigenvalue weighted by Gasteiger charge is 2.31. The number of aromatic nitrogens is 2. The zero-order valence-corrected chi connectivity index (χ0v) is 46.6. The van der Waals surface area contributed by atoms with E-state index in [2.05, 4.69) is 46.0 Å². The summed E-state index contributed by atoms with van der Waals surface area (Å²) in [6.45, 7) is 0.354. The number of hydrogen-bond donors (Lipinski definition) is 5. The van der Waals surface area contributed by atoms with E-state index in [1.807, 2.05) is 60.7 Å². The largest absolute Gasteiger partial charge is 0.478 e. The summed E-state index contributed by atoms with van der Waals surface area (Å²) in [6.07, 6.45) is -8.90. The normalized spacial score (nSPS) is 11.5. The summed E-state index contributed by atoms with van der Waals surface area (Å²) in [5.74, 6) is -1.85. The predicted octanol–water partition coefficient (Wildman–Crippen LogP) is 16.2. The molecule has 0 aliphatic carbocycles. The number of azide groups is 2. The topological polar surface area (TPSA) is 274 Å². The highest BCUT2D eigenvalue weighted by molar-refractivity contribution is 6.10. The Morgan fingerprint density at radius 2 is 0.909 bits per heavy atom. The fraction of sp³-hybridized carbons (Fsp3) is 0.0938. The van der Waals surface area contributed by atoms with Crippen molar-refractivity contribution in [2.24, 2.45) is 16.0 Å². The number of alkyl halides is 6. The lowest BCUT2D eigenvalue weighted by Crippen LogP contribution is -2.30. The fourth-order valence-corrected chi connectivity index (χ4v) is 8.78. The van der Waals surface area contributed by atoms with Gasteiger partial charge in [-0.25, -0.2) is 14.8 Å². The Balaban J connectivity index is 0.000000215. The second-order valence-electron chi connectivity index (χ2n) is 18.9. The summed E-state index contributed by atoms with van der Waals surface area (Å²) in [5, 5.41) is 25.7. The van der Waals surface area contributed by atoms with Crippen molar-refractivity contribution in [3.63, 3.8) is 0 Å². The lowest BCUT2D eigenvalue weighted by atomic mass is 9.98. The zero-order chi connectivity index (χ0) is 62.1. The number of nitrogens with zero attached hydrogens (tertiary/aromatic N) is 8. The molecule has 0 bridgehead atoms. The minimum Gasteiger partial charge on any atom is -0.478 e. The number of fused-ring (bicyclic) bond motifs is 2. The third kappa shape index (κ3) is 17.1. The summed E-state index contributed by atoms with van der Waals surface area (Å²) in [5.41, 5.74) is 26.7. The number of amides is 3. The molecule has 8 aromatic carbocycles. The van der Waals surface area contributed by atoms with E-state index in [4.69, 9.17) is 21.9 Å². The number of benzene rings is 8. The molecular formula is C64H49ClF6N12O5. The minimum absolute atomic E-state index is 0. The van der Waals surface area contributed by atoms with Crippen LogP contribution < -0.4 is 21.7 Å². The molecule has 24 heteroatoms. The molecule has 0 aliphatic rings. The van der Waals surface area contributed by atoms with Crippen LogP contribution in [0.25, 0.3) is 64.9 Å². The first kappa shape index (κ1) is 64.5. The van der Waals surface area contributed by atoms with Gasteiger partial charge in [-0.1, -0.05) is 132 Å². The summed E-state index contributed by atoms with van der Waals surface area (Å²) in [7, 11) is 0. The molecule has 2 heterocycles. The lowest BCUT2D eigenvalue weighted by molar-refractivity contribution is -0.138. The van der Waals surface area contributed by atoms with E-state index in [1.165, 1.54) is 36.4 Å². The molecule has 0 saturated heterocycles. The Morgan fingerprint density at radius 1 is 0.500 bits per heavy atom. The van der Waals surface area contributed by atoms with Gasteiger partial charge >= 0.3 is 18.3 Å². The first-order chi connectivity index (χ1) is 41.8.